The van der Waals surface area contributed by atoms with E-state index in [0.29, 0.717) is 0 Å². The molecule has 1 aromatic heterocycles. The van der Waals surface area contributed by atoms with Gasteiger partial charge in [-0.3, -0.25) is 4.68 Å². The maximum Gasteiger partial charge on any atom is 0.0835 e. The number of hydrogen-bond acceptors (Lipinski definition) is 2. The number of alkyl halides is 1. The third kappa shape index (κ3) is 5.30. The van der Waals surface area contributed by atoms with Crippen molar-refractivity contribution in [3.8, 4) is 0 Å². The van der Waals surface area contributed by atoms with Gasteiger partial charge >= 0.3 is 0 Å². The molecular weight excluding hydrogens is 254 g/mol. The fourth-order valence-corrected chi connectivity index (χ4v) is 1.94. The predicted octanol–water partition coefficient (Wildman–Crippen LogP) is 3.19. The zero-order valence-electron chi connectivity index (χ0n) is 9.45. The molecule has 0 aliphatic carbocycles. The number of halogens is 1. The van der Waals surface area contributed by atoms with Gasteiger partial charge < -0.3 is 0 Å². The fourth-order valence-electron chi connectivity index (χ4n) is 1.54. The van der Waals surface area contributed by atoms with Crippen LogP contribution in [0.1, 0.15) is 44.7 Å². The van der Waals surface area contributed by atoms with Gasteiger partial charge in [-0.25, -0.2) is 0 Å². The summed E-state index contributed by atoms with van der Waals surface area (Å²) in [7, 11) is 0. The second kappa shape index (κ2) is 7.85. The van der Waals surface area contributed by atoms with Crippen molar-refractivity contribution in [2.45, 2.75) is 52.0 Å². The molecule has 0 spiro atoms. The molecule has 3 nitrogen and oxygen atoms in total. The lowest BCUT2D eigenvalue weighted by Crippen LogP contribution is -1.98. The number of rotatable bonds is 8. The van der Waals surface area contributed by atoms with Crippen LogP contribution in [0.25, 0.3) is 0 Å². The number of aromatic nitrogens is 3. The van der Waals surface area contributed by atoms with E-state index in [0.717, 1.165) is 24.0 Å². The molecule has 0 saturated carbocycles. The van der Waals surface area contributed by atoms with Crippen molar-refractivity contribution in [1.29, 1.82) is 0 Å². The molecule has 0 fully saturated rings. The molecule has 0 aliphatic rings. The Kier molecular flexibility index (Phi) is 6.64. The zero-order valence-corrected chi connectivity index (χ0v) is 11.0. The average molecular weight is 274 g/mol. The second-order valence-electron chi connectivity index (χ2n) is 3.83. The van der Waals surface area contributed by atoms with Gasteiger partial charge in [0.1, 0.15) is 0 Å². The van der Waals surface area contributed by atoms with Crippen LogP contribution in [0.3, 0.4) is 0 Å². The van der Waals surface area contributed by atoms with Gasteiger partial charge in [0, 0.05) is 24.5 Å². The second-order valence-corrected chi connectivity index (χ2v) is 4.62. The van der Waals surface area contributed by atoms with Gasteiger partial charge in [-0.05, 0) is 6.42 Å². The highest BCUT2D eigenvalue weighted by molar-refractivity contribution is 9.09. The van der Waals surface area contributed by atoms with Crippen LogP contribution >= 0.6 is 15.9 Å². The lowest BCUT2D eigenvalue weighted by atomic mass is 10.1. The molecule has 0 unspecified atom stereocenters. The van der Waals surface area contributed by atoms with Crippen LogP contribution in [0, 0.1) is 0 Å². The van der Waals surface area contributed by atoms with Gasteiger partial charge in [0.05, 0.1) is 5.69 Å². The SMILES string of the molecule is CCCCCCCn1cc(CCBr)nn1. The molecule has 1 rings (SSSR count). The standard InChI is InChI=1S/C11H20BrN3/c1-2-3-4-5-6-9-15-10-11(7-8-12)13-14-15/h10H,2-9H2,1H3. The van der Waals surface area contributed by atoms with Gasteiger partial charge in [0.25, 0.3) is 0 Å². The van der Waals surface area contributed by atoms with Gasteiger partial charge in [0.15, 0.2) is 0 Å². The first-order valence-corrected chi connectivity index (χ1v) is 6.94. The third-order valence-electron chi connectivity index (χ3n) is 2.43. The fraction of sp³-hybridized carbons (Fsp3) is 0.818. The molecule has 86 valence electrons. The molecule has 0 bridgehead atoms. The summed E-state index contributed by atoms with van der Waals surface area (Å²) in [5.41, 5.74) is 1.08. The molecule has 1 aromatic rings. The van der Waals surface area contributed by atoms with Gasteiger partial charge in [-0.1, -0.05) is 53.8 Å². The van der Waals surface area contributed by atoms with Crippen LogP contribution in [0.15, 0.2) is 6.20 Å². The normalized spacial score (nSPS) is 10.8. The lowest BCUT2D eigenvalue weighted by molar-refractivity contribution is 0.521. The monoisotopic (exact) mass is 273 g/mol. The van der Waals surface area contributed by atoms with E-state index in [-0.39, 0.29) is 0 Å². The highest BCUT2D eigenvalue weighted by atomic mass is 79.9. The Morgan fingerprint density at radius 3 is 2.80 bits per heavy atom. The molecule has 1 heterocycles. The van der Waals surface area contributed by atoms with Crippen LogP contribution in [0.5, 0.6) is 0 Å². The van der Waals surface area contributed by atoms with Crippen LogP contribution in [0.4, 0.5) is 0 Å². The Labute approximate surface area is 100 Å². The highest BCUT2D eigenvalue weighted by Crippen LogP contribution is 2.04. The lowest BCUT2D eigenvalue weighted by Gasteiger charge is -1.99. The predicted molar refractivity (Wildman–Crippen MR) is 66.3 cm³/mol. The van der Waals surface area contributed by atoms with E-state index in [2.05, 4.69) is 39.4 Å². The third-order valence-corrected chi connectivity index (χ3v) is 2.82. The van der Waals surface area contributed by atoms with Crippen molar-refractivity contribution >= 4 is 15.9 Å². The minimum atomic E-state index is 0.961. The van der Waals surface area contributed by atoms with Gasteiger partial charge in [-0.2, -0.15) is 0 Å². The molecule has 4 heteroatoms. The van der Waals surface area contributed by atoms with Crippen LogP contribution < -0.4 is 0 Å². The van der Waals surface area contributed by atoms with E-state index >= 15 is 0 Å². The van der Waals surface area contributed by atoms with E-state index in [1.807, 2.05) is 4.68 Å². The summed E-state index contributed by atoms with van der Waals surface area (Å²) < 4.78 is 1.96. The topological polar surface area (TPSA) is 30.7 Å². The van der Waals surface area contributed by atoms with Gasteiger partial charge in [-0.15, -0.1) is 5.10 Å². The largest absolute Gasteiger partial charge is 0.252 e. The Morgan fingerprint density at radius 1 is 1.27 bits per heavy atom. The van der Waals surface area contributed by atoms with Crippen molar-refractivity contribution in [3.63, 3.8) is 0 Å². The van der Waals surface area contributed by atoms with Crippen molar-refractivity contribution in [2.24, 2.45) is 0 Å². The summed E-state index contributed by atoms with van der Waals surface area (Å²) in [5, 5.41) is 9.16. The average Bonchev–Trinajstić information content (AvgIpc) is 2.66. The maximum atomic E-state index is 4.10. The quantitative estimate of drug-likeness (QED) is 0.538. The molecule has 15 heavy (non-hydrogen) atoms. The summed E-state index contributed by atoms with van der Waals surface area (Å²) in [6.07, 6.45) is 9.56. The number of aryl methyl sites for hydroxylation is 2. The van der Waals surface area contributed by atoms with E-state index in [9.17, 15) is 0 Å². The van der Waals surface area contributed by atoms with Gasteiger partial charge in [0.2, 0.25) is 0 Å². The molecule has 0 saturated heterocycles. The first kappa shape index (κ1) is 12.7. The first-order valence-electron chi connectivity index (χ1n) is 5.81. The summed E-state index contributed by atoms with van der Waals surface area (Å²) in [5.74, 6) is 0. The van der Waals surface area contributed by atoms with Crippen LogP contribution in [-0.2, 0) is 13.0 Å². The minimum absolute atomic E-state index is 0.961. The van der Waals surface area contributed by atoms with E-state index < -0.39 is 0 Å². The molecule has 0 aliphatic heterocycles. The Balaban J connectivity index is 2.14. The van der Waals surface area contributed by atoms with E-state index in [1.54, 1.807) is 0 Å². The maximum absolute atomic E-state index is 4.10. The van der Waals surface area contributed by atoms with E-state index in [4.69, 9.17) is 0 Å². The van der Waals surface area contributed by atoms with Crippen molar-refractivity contribution in [3.05, 3.63) is 11.9 Å². The van der Waals surface area contributed by atoms with Crippen molar-refractivity contribution in [1.82, 2.24) is 15.0 Å². The number of nitrogens with zero attached hydrogens (tertiary/aromatic N) is 3. The molecule has 0 aromatic carbocycles. The zero-order chi connectivity index (χ0) is 10.9. The van der Waals surface area contributed by atoms with Crippen LogP contribution in [0.2, 0.25) is 0 Å². The number of unbranched alkanes of at least 4 members (excludes halogenated alkanes) is 4. The minimum Gasteiger partial charge on any atom is -0.252 e. The Morgan fingerprint density at radius 2 is 2.07 bits per heavy atom. The van der Waals surface area contributed by atoms with Crippen molar-refractivity contribution < 1.29 is 0 Å². The summed E-state index contributed by atoms with van der Waals surface area (Å²) in [4.78, 5) is 0. The van der Waals surface area contributed by atoms with Crippen molar-refractivity contribution in [2.75, 3.05) is 5.33 Å². The molecule has 0 atom stereocenters. The molecular formula is C11H20BrN3. The summed E-state index contributed by atoms with van der Waals surface area (Å²) >= 11 is 3.40. The smallest absolute Gasteiger partial charge is 0.0835 e. The molecule has 0 N–H and O–H groups in total. The summed E-state index contributed by atoms with van der Waals surface area (Å²) in [6.45, 7) is 3.25. The highest BCUT2D eigenvalue weighted by Gasteiger charge is 1.99. The molecule has 0 radical (unpaired) electrons. The Hall–Kier alpha value is -0.380. The number of hydrogen-bond donors (Lipinski definition) is 0. The first-order chi connectivity index (χ1) is 7.36. The van der Waals surface area contributed by atoms with Crippen LogP contribution in [-0.4, -0.2) is 20.3 Å². The Bertz CT molecular complexity index is 260. The summed E-state index contributed by atoms with van der Waals surface area (Å²) in [6, 6.07) is 0. The van der Waals surface area contributed by atoms with E-state index in [1.165, 1.54) is 32.1 Å². The molecule has 0 amide bonds.